The number of rotatable bonds is 7. The molecule has 0 saturated heterocycles. The third-order valence-electron chi connectivity index (χ3n) is 3.87. The van der Waals surface area contributed by atoms with Gasteiger partial charge in [-0.1, -0.05) is 28.1 Å². The van der Waals surface area contributed by atoms with Crippen LogP contribution in [0.15, 0.2) is 64.3 Å². The molecule has 11 nitrogen and oxygen atoms in total. The van der Waals surface area contributed by atoms with Crippen LogP contribution in [0.3, 0.4) is 0 Å². The normalized spacial score (nSPS) is 10.8. The molecule has 152 valence electrons. The van der Waals surface area contributed by atoms with E-state index < -0.39 is 21.4 Å². The molecule has 0 atom stereocenters. The minimum Gasteiger partial charge on any atom is -0.265 e. The second-order valence-electron chi connectivity index (χ2n) is 6.00. The van der Waals surface area contributed by atoms with Gasteiger partial charge in [0.15, 0.2) is 0 Å². The Morgan fingerprint density at radius 3 is 2.53 bits per heavy atom. The van der Waals surface area contributed by atoms with Gasteiger partial charge in [0.25, 0.3) is 11.6 Å². The topological polar surface area (TPSA) is 146 Å². The van der Waals surface area contributed by atoms with Crippen molar-refractivity contribution in [3.05, 3.63) is 96.2 Å². The van der Waals surface area contributed by atoms with E-state index in [1.165, 1.54) is 41.4 Å². The Bertz CT molecular complexity index is 1140. The molecule has 30 heavy (non-hydrogen) atoms. The molecule has 0 aliphatic rings. The van der Waals surface area contributed by atoms with Crippen molar-refractivity contribution in [1.29, 1.82) is 0 Å². The van der Waals surface area contributed by atoms with E-state index in [0.717, 1.165) is 10.0 Å². The number of carbonyl (C=O) groups is 1. The van der Waals surface area contributed by atoms with Gasteiger partial charge >= 0.3 is 5.69 Å². The van der Waals surface area contributed by atoms with E-state index in [9.17, 15) is 25.0 Å². The lowest BCUT2D eigenvalue weighted by Gasteiger charge is -2.01. The zero-order valence-electron chi connectivity index (χ0n) is 15.1. The fourth-order valence-electron chi connectivity index (χ4n) is 2.51. The number of aromatic nitrogens is 2. The van der Waals surface area contributed by atoms with Crippen molar-refractivity contribution in [2.45, 2.75) is 6.54 Å². The summed E-state index contributed by atoms with van der Waals surface area (Å²) in [4.78, 5) is 33.0. The molecule has 0 radical (unpaired) electrons. The third-order valence-corrected chi connectivity index (χ3v) is 4.36. The van der Waals surface area contributed by atoms with E-state index in [1.807, 2.05) is 24.3 Å². The SMILES string of the molecule is O=C(NN=Cc1ccc([N+](=O)[O-])cc1)c1nn(Cc2cccc(Br)c2)cc1[N+](=O)[O-]. The molecule has 0 aliphatic heterocycles. The van der Waals surface area contributed by atoms with Crippen LogP contribution in [0.1, 0.15) is 21.6 Å². The molecule has 3 rings (SSSR count). The van der Waals surface area contributed by atoms with Gasteiger partial charge in [0, 0.05) is 16.6 Å². The number of nitro groups is 2. The fraction of sp³-hybridized carbons (Fsp3) is 0.0556. The molecule has 0 bridgehead atoms. The number of nitrogens with zero attached hydrogens (tertiary/aromatic N) is 5. The van der Waals surface area contributed by atoms with Gasteiger partial charge in [-0.15, -0.1) is 0 Å². The Labute approximate surface area is 177 Å². The molecule has 1 aromatic heterocycles. The number of nitro benzene ring substituents is 1. The van der Waals surface area contributed by atoms with Crippen LogP contribution in [-0.4, -0.2) is 31.7 Å². The minimum absolute atomic E-state index is 0.0807. The predicted molar refractivity (Wildman–Crippen MR) is 110 cm³/mol. The summed E-state index contributed by atoms with van der Waals surface area (Å²) < 4.78 is 2.15. The van der Waals surface area contributed by atoms with E-state index in [4.69, 9.17) is 0 Å². The number of amides is 1. The van der Waals surface area contributed by atoms with Crippen molar-refractivity contribution in [3.8, 4) is 0 Å². The van der Waals surface area contributed by atoms with Gasteiger partial charge in [0.2, 0.25) is 5.69 Å². The minimum atomic E-state index is -0.854. The van der Waals surface area contributed by atoms with Crippen molar-refractivity contribution in [3.63, 3.8) is 0 Å². The van der Waals surface area contributed by atoms with Crippen LogP contribution in [0.5, 0.6) is 0 Å². The maximum absolute atomic E-state index is 12.3. The summed E-state index contributed by atoms with van der Waals surface area (Å²) in [5, 5.41) is 29.7. The Morgan fingerprint density at radius 1 is 1.17 bits per heavy atom. The van der Waals surface area contributed by atoms with Crippen LogP contribution in [0, 0.1) is 20.2 Å². The standard InChI is InChI=1S/C18H13BrN6O5/c19-14-3-1-2-13(8-14)10-23-11-16(25(29)30)17(22-23)18(26)21-20-9-12-4-6-15(7-5-12)24(27)28/h1-9,11H,10H2,(H,21,26). The van der Waals surface area contributed by atoms with Gasteiger partial charge in [-0.25, -0.2) is 5.43 Å². The smallest absolute Gasteiger partial charge is 0.265 e. The van der Waals surface area contributed by atoms with Crippen LogP contribution < -0.4 is 5.43 Å². The second-order valence-corrected chi connectivity index (χ2v) is 6.91. The molecule has 1 heterocycles. The molecule has 0 spiro atoms. The van der Waals surface area contributed by atoms with Gasteiger partial charge < -0.3 is 0 Å². The summed E-state index contributed by atoms with van der Waals surface area (Å²) in [5.74, 6) is -0.854. The number of nitrogens with one attached hydrogen (secondary N) is 1. The summed E-state index contributed by atoms with van der Waals surface area (Å²) >= 11 is 3.35. The summed E-state index contributed by atoms with van der Waals surface area (Å²) in [5.41, 5.74) is 2.60. The highest BCUT2D eigenvalue weighted by Crippen LogP contribution is 2.19. The zero-order chi connectivity index (χ0) is 21.7. The van der Waals surface area contributed by atoms with Gasteiger partial charge in [0.05, 0.1) is 22.6 Å². The summed E-state index contributed by atoms with van der Waals surface area (Å²) in [6, 6.07) is 12.8. The monoisotopic (exact) mass is 472 g/mol. The predicted octanol–water partition coefficient (Wildman–Crippen LogP) is 3.27. The summed E-state index contributed by atoms with van der Waals surface area (Å²) in [7, 11) is 0. The molecule has 0 saturated carbocycles. The molecule has 2 aromatic carbocycles. The molecule has 1 amide bonds. The van der Waals surface area contributed by atoms with E-state index in [1.54, 1.807) is 0 Å². The molecular weight excluding hydrogens is 460 g/mol. The highest BCUT2D eigenvalue weighted by atomic mass is 79.9. The maximum atomic E-state index is 12.3. The molecule has 0 unspecified atom stereocenters. The highest BCUT2D eigenvalue weighted by molar-refractivity contribution is 9.10. The Morgan fingerprint density at radius 2 is 1.90 bits per heavy atom. The lowest BCUT2D eigenvalue weighted by atomic mass is 10.2. The fourth-order valence-corrected chi connectivity index (χ4v) is 2.96. The molecular formula is C18H13BrN6O5. The largest absolute Gasteiger partial charge is 0.320 e. The highest BCUT2D eigenvalue weighted by Gasteiger charge is 2.25. The van der Waals surface area contributed by atoms with Gasteiger partial charge in [-0.05, 0) is 35.4 Å². The number of hydrogen-bond donors (Lipinski definition) is 1. The van der Waals surface area contributed by atoms with Crippen LogP contribution in [-0.2, 0) is 6.54 Å². The molecule has 12 heteroatoms. The second kappa shape index (κ2) is 9.05. The van der Waals surface area contributed by atoms with Gasteiger partial charge in [-0.2, -0.15) is 10.2 Å². The maximum Gasteiger partial charge on any atom is 0.320 e. The first-order valence-electron chi connectivity index (χ1n) is 8.37. The average molecular weight is 473 g/mol. The van der Waals surface area contributed by atoms with Crippen LogP contribution in [0.2, 0.25) is 0 Å². The van der Waals surface area contributed by atoms with Gasteiger partial charge in [-0.3, -0.25) is 29.7 Å². The number of carbonyl (C=O) groups excluding carboxylic acids is 1. The first-order chi connectivity index (χ1) is 14.3. The van der Waals surface area contributed by atoms with Crippen molar-refractivity contribution >= 4 is 39.4 Å². The number of halogens is 1. The molecule has 0 aliphatic carbocycles. The number of benzene rings is 2. The van der Waals surface area contributed by atoms with Crippen LogP contribution in [0.25, 0.3) is 0 Å². The van der Waals surface area contributed by atoms with E-state index >= 15 is 0 Å². The Kier molecular flexibility index (Phi) is 6.27. The lowest BCUT2D eigenvalue weighted by molar-refractivity contribution is -0.385. The Hall–Kier alpha value is -3.93. The van der Waals surface area contributed by atoms with Crippen molar-refractivity contribution in [1.82, 2.24) is 15.2 Å². The summed E-state index contributed by atoms with van der Waals surface area (Å²) in [6.07, 6.45) is 2.43. The lowest BCUT2D eigenvalue weighted by Crippen LogP contribution is -2.19. The van der Waals surface area contributed by atoms with Crippen LogP contribution in [0.4, 0.5) is 11.4 Å². The van der Waals surface area contributed by atoms with Crippen molar-refractivity contribution < 1.29 is 14.6 Å². The molecule has 3 aromatic rings. The zero-order valence-corrected chi connectivity index (χ0v) is 16.7. The first-order valence-corrected chi connectivity index (χ1v) is 9.17. The number of hydrazone groups is 1. The van der Waals surface area contributed by atoms with Crippen molar-refractivity contribution in [2.24, 2.45) is 5.10 Å². The van der Waals surface area contributed by atoms with E-state index in [-0.39, 0.29) is 17.9 Å². The third kappa shape index (κ3) is 5.11. The first kappa shape index (κ1) is 20.8. The number of hydrogen-bond acceptors (Lipinski definition) is 7. The quantitative estimate of drug-likeness (QED) is 0.317. The summed E-state index contributed by atoms with van der Waals surface area (Å²) in [6.45, 7) is 0.236. The van der Waals surface area contributed by atoms with Crippen molar-refractivity contribution in [2.75, 3.05) is 0 Å². The van der Waals surface area contributed by atoms with Gasteiger partial charge in [0.1, 0.15) is 6.20 Å². The molecule has 0 fully saturated rings. The Balaban J connectivity index is 1.73. The number of non-ortho nitro benzene ring substituents is 1. The van der Waals surface area contributed by atoms with Crippen LogP contribution >= 0.6 is 15.9 Å². The van der Waals surface area contributed by atoms with E-state index in [2.05, 4.69) is 31.6 Å². The van der Waals surface area contributed by atoms with E-state index in [0.29, 0.717) is 5.56 Å². The molecule has 1 N–H and O–H groups in total. The average Bonchev–Trinajstić information content (AvgIpc) is 3.12.